The zero-order valence-corrected chi connectivity index (χ0v) is 15.4. The van der Waals surface area contributed by atoms with Crippen LogP contribution in [0, 0.1) is 0 Å². The van der Waals surface area contributed by atoms with Crippen LogP contribution in [-0.2, 0) is 4.79 Å². The summed E-state index contributed by atoms with van der Waals surface area (Å²) in [4.78, 5) is 12.2. The summed E-state index contributed by atoms with van der Waals surface area (Å²) in [5.41, 5.74) is 1.36. The minimum absolute atomic E-state index is 0.272. The summed E-state index contributed by atoms with van der Waals surface area (Å²) >= 11 is 0. The van der Waals surface area contributed by atoms with Crippen LogP contribution < -0.4 is 24.3 Å². The molecule has 0 fully saturated rings. The maximum Gasteiger partial charge on any atom is 0.248 e. The highest BCUT2D eigenvalue weighted by molar-refractivity contribution is 6.02. The van der Waals surface area contributed by atoms with E-state index in [9.17, 15) is 4.79 Å². The second-order valence-corrected chi connectivity index (χ2v) is 5.21. The van der Waals surface area contributed by atoms with Gasteiger partial charge in [-0.3, -0.25) is 4.79 Å². The normalized spacial score (nSPS) is 10.5. The third-order valence-corrected chi connectivity index (χ3v) is 3.56. The molecule has 138 valence electrons. The molecule has 0 spiro atoms. The number of carbonyl (C=O) groups excluding carboxylic acids is 1. The van der Waals surface area contributed by atoms with E-state index in [0.29, 0.717) is 35.3 Å². The summed E-state index contributed by atoms with van der Waals surface area (Å²) < 4.78 is 21.4. The predicted octanol–water partition coefficient (Wildman–Crippen LogP) is 3.76. The van der Waals surface area contributed by atoms with Gasteiger partial charge in [0.15, 0.2) is 11.5 Å². The number of carbonyl (C=O) groups is 1. The maximum atomic E-state index is 12.2. The molecule has 26 heavy (non-hydrogen) atoms. The number of ether oxygens (including phenoxy) is 4. The van der Waals surface area contributed by atoms with Gasteiger partial charge in [0.25, 0.3) is 0 Å². The van der Waals surface area contributed by atoms with Gasteiger partial charge in [-0.15, -0.1) is 0 Å². The first-order chi connectivity index (χ1) is 12.6. The Labute approximate surface area is 153 Å². The van der Waals surface area contributed by atoms with E-state index in [1.54, 1.807) is 45.6 Å². The quantitative estimate of drug-likeness (QED) is 0.729. The molecule has 0 aliphatic heterocycles. The average Bonchev–Trinajstić information content (AvgIpc) is 2.67. The summed E-state index contributed by atoms with van der Waals surface area (Å²) in [5, 5.41) is 2.81. The molecule has 0 aliphatic rings. The fourth-order valence-corrected chi connectivity index (χ4v) is 2.40. The molecule has 0 aliphatic carbocycles. The van der Waals surface area contributed by atoms with Crippen LogP contribution in [0.1, 0.15) is 12.5 Å². The molecule has 0 radical (unpaired) electrons. The van der Waals surface area contributed by atoms with Gasteiger partial charge in [0.2, 0.25) is 11.7 Å². The fraction of sp³-hybridized carbons (Fsp3) is 0.250. The van der Waals surface area contributed by atoms with Gasteiger partial charge in [0, 0.05) is 6.08 Å². The third-order valence-electron chi connectivity index (χ3n) is 3.56. The highest BCUT2D eigenvalue weighted by atomic mass is 16.5. The fourth-order valence-electron chi connectivity index (χ4n) is 2.40. The third kappa shape index (κ3) is 4.69. The van der Waals surface area contributed by atoms with Crippen molar-refractivity contribution in [3.05, 3.63) is 48.0 Å². The Morgan fingerprint density at radius 2 is 1.65 bits per heavy atom. The van der Waals surface area contributed by atoms with Crippen molar-refractivity contribution in [1.29, 1.82) is 0 Å². The van der Waals surface area contributed by atoms with E-state index in [-0.39, 0.29) is 5.91 Å². The molecule has 0 bridgehead atoms. The van der Waals surface area contributed by atoms with E-state index < -0.39 is 0 Å². The van der Waals surface area contributed by atoms with Crippen LogP contribution in [0.5, 0.6) is 23.0 Å². The van der Waals surface area contributed by atoms with Crippen LogP contribution in [-0.4, -0.2) is 33.8 Å². The van der Waals surface area contributed by atoms with Gasteiger partial charge in [-0.25, -0.2) is 0 Å². The van der Waals surface area contributed by atoms with Crippen molar-refractivity contribution in [1.82, 2.24) is 0 Å². The first-order valence-electron chi connectivity index (χ1n) is 8.13. The van der Waals surface area contributed by atoms with Crippen molar-refractivity contribution < 1.29 is 23.7 Å². The molecule has 1 N–H and O–H groups in total. The molecule has 2 rings (SSSR count). The van der Waals surface area contributed by atoms with Gasteiger partial charge >= 0.3 is 0 Å². The number of anilines is 1. The topological polar surface area (TPSA) is 66.0 Å². The SMILES string of the molecule is CCOc1ccccc1NC(=O)C=Cc1cc(OC)c(OC)c(OC)c1. The van der Waals surface area contributed by atoms with Crippen molar-refractivity contribution in [3.63, 3.8) is 0 Å². The number of amides is 1. The smallest absolute Gasteiger partial charge is 0.248 e. The summed E-state index contributed by atoms with van der Waals surface area (Å²) in [7, 11) is 4.63. The highest BCUT2D eigenvalue weighted by Gasteiger charge is 2.12. The number of hydrogen-bond acceptors (Lipinski definition) is 5. The van der Waals surface area contributed by atoms with Gasteiger partial charge in [-0.05, 0) is 42.8 Å². The first kappa shape index (κ1) is 19.2. The molecular formula is C20H23NO5. The second kappa shape index (κ2) is 9.36. The Kier molecular flexibility index (Phi) is 6.91. The van der Waals surface area contributed by atoms with Gasteiger partial charge in [0.05, 0.1) is 33.6 Å². The first-order valence-corrected chi connectivity index (χ1v) is 8.13. The van der Waals surface area contributed by atoms with E-state index in [0.717, 1.165) is 5.56 Å². The lowest BCUT2D eigenvalue weighted by Crippen LogP contribution is -2.09. The number of para-hydroxylation sites is 2. The zero-order valence-electron chi connectivity index (χ0n) is 15.4. The van der Waals surface area contributed by atoms with Crippen LogP contribution in [0.15, 0.2) is 42.5 Å². The number of methoxy groups -OCH3 is 3. The molecule has 1 amide bonds. The van der Waals surface area contributed by atoms with Crippen molar-refractivity contribution in [3.8, 4) is 23.0 Å². The molecule has 0 unspecified atom stereocenters. The van der Waals surface area contributed by atoms with Crippen molar-refractivity contribution >= 4 is 17.7 Å². The summed E-state index contributed by atoms with van der Waals surface area (Å²) in [6.07, 6.45) is 3.10. The lowest BCUT2D eigenvalue weighted by atomic mass is 10.1. The number of nitrogens with one attached hydrogen (secondary N) is 1. The van der Waals surface area contributed by atoms with Crippen molar-refractivity contribution in [2.24, 2.45) is 0 Å². The molecule has 0 saturated heterocycles. The minimum Gasteiger partial charge on any atom is -0.493 e. The molecule has 6 heteroatoms. The number of benzene rings is 2. The summed E-state index contributed by atoms with van der Waals surface area (Å²) in [6.45, 7) is 2.41. The van der Waals surface area contributed by atoms with Crippen LogP contribution in [0.2, 0.25) is 0 Å². The Bertz CT molecular complexity index is 761. The van der Waals surface area contributed by atoms with Gasteiger partial charge in [0.1, 0.15) is 5.75 Å². The molecular weight excluding hydrogens is 334 g/mol. The van der Waals surface area contributed by atoms with Crippen LogP contribution in [0.4, 0.5) is 5.69 Å². The number of rotatable bonds is 8. The van der Waals surface area contributed by atoms with Gasteiger partial charge in [-0.1, -0.05) is 12.1 Å². The Balaban J connectivity index is 2.18. The van der Waals surface area contributed by atoms with Gasteiger partial charge < -0.3 is 24.3 Å². The maximum absolute atomic E-state index is 12.2. The molecule has 2 aromatic carbocycles. The van der Waals surface area contributed by atoms with E-state index in [1.807, 2.05) is 25.1 Å². The minimum atomic E-state index is -0.272. The zero-order chi connectivity index (χ0) is 18.9. The van der Waals surface area contributed by atoms with Crippen molar-refractivity contribution in [2.45, 2.75) is 6.92 Å². The van der Waals surface area contributed by atoms with Crippen LogP contribution in [0.3, 0.4) is 0 Å². The number of hydrogen-bond donors (Lipinski definition) is 1. The van der Waals surface area contributed by atoms with E-state index in [4.69, 9.17) is 18.9 Å². The summed E-state index contributed by atoms with van der Waals surface area (Å²) in [5.74, 6) is 1.90. The standard InChI is InChI=1S/C20H23NO5/c1-5-26-16-9-7-6-8-15(16)21-19(22)11-10-14-12-17(23-2)20(25-4)18(13-14)24-3/h6-13H,5H2,1-4H3,(H,21,22). The monoisotopic (exact) mass is 357 g/mol. The Morgan fingerprint density at radius 1 is 1.00 bits per heavy atom. The largest absolute Gasteiger partial charge is 0.493 e. The second-order valence-electron chi connectivity index (χ2n) is 5.21. The van der Waals surface area contributed by atoms with Crippen LogP contribution >= 0.6 is 0 Å². The van der Waals surface area contributed by atoms with E-state index in [2.05, 4.69) is 5.32 Å². The molecule has 0 heterocycles. The van der Waals surface area contributed by atoms with Crippen LogP contribution in [0.25, 0.3) is 6.08 Å². The van der Waals surface area contributed by atoms with E-state index >= 15 is 0 Å². The van der Waals surface area contributed by atoms with Gasteiger partial charge in [-0.2, -0.15) is 0 Å². The summed E-state index contributed by atoms with van der Waals surface area (Å²) in [6, 6.07) is 10.8. The molecule has 0 aromatic heterocycles. The predicted molar refractivity (Wildman–Crippen MR) is 101 cm³/mol. The lowest BCUT2D eigenvalue weighted by Gasteiger charge is -2.13. The molecule has 0 saturated carbocycles. The van der Waals surface area contributed by atoms with Crippen molar-refractivity contribution in [2.75, 3.05) is 33.3 Å². The lowest BCUT2D eigenvalue weighted by molar-refractivity contribution is -0.111. The Hall–Kier alpha value is -3.15. The van der Waals surface area contributed by atoms with E-state index in [1.165, 1.54) is 6.08 Å². The average molecular weight is 357 g/mol. The molecule has 2 aromatic rings. The Morgan fingerprint density at radius 3 is 2.23 bits per heavy atom. The molecule has 6 nitrogen and oxygen atoms in total. The molecule has 0 atom stereocenters. The highest BCUT2D eigenvalue weighted by Crippen LogP contribution is 2.38.